The van der Waals surface area contributed by atoms with Crippen molar-refractivity contribution in [2.24, 2.45) is 5.92 Å². The number of allylic oxidation sites excluding steroid dienone is 2. The molecule has 0 spiro atoms. The second-order valence-corrected chi connectivity index (χ2v) is 3.13. The Labute approximate surface area is 72.9 Å². The van der Waals surface area contributed by atoms with Gasteiger partial charge in [-0.2, -0.15) is 0 Å². The van der Waals surface area contributed by atoms with Crippen molar-refractivity contribution < 1.29 is 9.53 Å². The van der Waals surface area contributed by atoms with Gasteiger partial charge >= 0.3 is 0 Å². The number of hydrogen-bond acceptors (Lipinski definition) is 2. The van der Waals surface area contributed by atoms with Gasteiger partial charge in [0, 0.05) is 11.5 Å². The highest BCUT2D eigenvalue weighted by Gasteiger charge is 2.24. The van der Waals surface area contributed by atoms with Crippen LogP contribution in [0.4, 0.5) is 0 Å². The molecule has 0 fully saturated rings. The van der Waals surface area contributed by atoms with E-state index in [0.29, 0.717) is 0 Å². The van der Waals surface area contributed by atoms with E-state index in [-0.39, 0.29) is 18.3 Å². The van der Waals surface area contributed by atoms with Crippen LogP contribution < -0.4 is 0 Å². The van der Waals surface area contributed by atoms with Gasteiger partial charge in [-0.1, -0.05) is 13.0 Å². The highest BCUT2D eigenvalue weighted by Crippen LogP contribution is 2.25. The Kier molecular flexibility index (Phi) is 2.69. The molecule has 2 heteroatoms. The number of hydrogen-bond donors (Lipinski definition) is 0. The zero-order valence-electron chi connectivity index (χ0n) is 7.59. The number of ether oxygens (including phenoxy) is 1. The topological polar surface area (TPSA) is 26.3 Å². The van der Waals surface area contributed by atoms with Crippen molar-refractivity contribution in [1.29, 1.82) is 0 Å². The molecular formula is C10H14O2. The van der Waals surface area contributed by atoms with Crippen LogP contribution in [0.3, 0.4) is 0 Å². The minimum atomic E-state index is 0.112. The lowest BCUT2D eigenvalue weighted by Crippen LogP contribution is -1.99. The van der Waals surface area contributed by atoms with Gasteiger partial charge in [0.1, 0.15) is 5.76 Å². The summed E-state index contributed by atoms with van der Waals surface area (Å²) in [6, 6.07) is 0. The van der Waals surface area contributed by atoms with E-state index in [2.05, 4.69) is 6.58 Å². The van der Waals surface area contributed by atoms with Gasteiger partial charge in [-0.25, -0.2) is 0 Å². The van der Waals surface area contributed by atoms with E-state index in [4.69, 9.17) is 4.74 Å². The van der Waals surface area contributed by atoms with Gasteiger partial charge in [0.15, 0.2) is 12.4 Å². The van der Waals surface area contributed by atoms with Crippen molar-refractivity contribution in [3.05, 3.63) is 24.0 Å². The van der Waals surface area contributed by atoms with E-state index >= 15 is 0 Å². The maximum atomic E-state index is 11.1. The lowest BCUT2D eigenvalue weighted by atomic mass is 10.0. The van der Waals surface area contributed by atoms with Gasteiger partial charge < -0.3 is 4.74 Å². The Hall–Kier alpha value is -1.05. The van der Waals surface area contributed by atoms with E-state index < -0.39 is 0 Å². The molecular weight excluding hydrogens is 152 g/mol. The van der Waals surface area contributed by atoms with Gasteiger partial charge in [0.05, 0.1) is 0 Å². The summed E-state index contributed by atoms with van der Waals surface area (Å²) >= 11 is 0. The minimum Gasteiger partial charge on any atom is -0.489 e. The molecule has 1 unspecified atom stereocenters. The predicted molar refractivity (Wildman–Crippen MR) is 47.6 cm³/mol. The molecule has 0 N–H and O–H groups in total. The summed E-state index contributed by atoms with van der Waals surface area (Å²) in [6.45, 7) is 7.74. The third kappa shape index (κ3) is 1.58. The summed E-state index contributed by atoms with van der Waals surface area (Å²) in [6.07, 6.45) is 2.71. The molecule has 1 aliphatic rings. The molecule has 2 nitrogen and oxygen atoms in total. The summed E-state index contributed by atoms with van der Waals surface area (Å²) in [5, 5.41) is 0. The van der Waals surface area contributed by atoms with E-state index in [0.717, 1.165) is 17.8 Å². The lowest BCUT2D eigenvalue weighted by molar-refractivity contribution is -0.116. The van der Waals surface area contributed by atoms with Crippen LogP contribution in [0.15, 0.2) is 24.0 Å². The molecule has 0 aromatic heterocycles. The molecule has 0 aromatic carbocycles. The van der Waals surface area contributed by atoms with Crippen molar-refractivity contribution >= 4 is 5.78 Å². The molecule has 1 aliphatic heterocycles. The van der Waals surface area contributed by atoms with E-state index in [9.17, 15) is 4.79 Å². The third-order valence-electron chi connectivity index (χ3n) is 2.11. The second-order valence-electron chi connectivity index (χ2n) is 3.13. The monoisotopic (exact) mass is 166 g/mol. The van der Waals surface area contributed by atoms with Gasteiger partial charge in [-0.05, 0) is 13.3 Å². The molecule has 0 saturated heterocycles. The van der Waals surface area contributed by atoms with Crippen molar-refractivity contribution in [3.8, 4) is 0 Å². The standard InChI is InChI=1S/C10H14O2/c1-4-5-7(2)10-8(3)9(11)6-12-10/h4,7H,1,5-6H2,2-3H3. The number of rotatable bonds is 3. The first-order chi connectivity index (χ1) is 5.66. The Morgan fingerprint density at radius 2 is 2.42 bits per heavy atom. The Balaban J connectivity index is 2.74. The first kappa shape index (κ1) is 9.04. The van der Waals surface area contributed by atoms with Gasteiger partial charge in [-0.15, -0.1) is 6.58 Å². The minimum absolute atomic E-state index is 0.112. The summed E-state index contributed by atoms with van der Waals surface area (Å²) in [5.41, 5.74) is 0.782. The first-order valence-electron chi connectivity index (χ1n) is 4.14. The predicted octanol–water partition coefficient (Wildman–Crippen LogP) is 2.07. The molecule has 0 amide bonds. The molecule has 0 saturated carbocycles. The summed E-state index contributed by atoms with van der Waals surface area (Å²) in [4.78, 5) is 11.1. The van der Waals surface area contributed by atoms with Gasteiger partial charge in [-0.3, -0.25) is 4.79 Å². The summed E-state index contributed by atoms with van der Waals surface area (Å²) in [7, 11) is 0. The van der Waals surface area contributed by atoms with Crippen molar-refractivity contribution in [2.45, 2.75) is 20.3 Å². The molecule has 1 rings (SSSR count). The smallest absolute Gasteiger partial charge is 0.199 e. The van der Waals surface area contributed by atoms with Crippen LogP contribution in [0, 0.1) is 5.92 Å². The quantitative estimate of drug-likeness (QED) is 0.600. The average Bonchev–Trinajstić information content (AvgIpc) is 2.34. The molecule has 1 heterocycles. The molecule has 0 radical (unpaired) electrons. The van der Waals surface area contributed by atoms with Crippen LogP contribution in [0.1, 0.15) is 20.3 Å². The Morgan fingerprint density at radius 1 is 1.75 bits per heavy atom. The van der Waals surface area contributed by atoms with Crippen LogP contribution >= 0.6 is 0 Å². The average molecular weight is 166 g/mol. The molecule has 0 aromatic rings. The summed E-state index contributed by atoms with van der Waals surface area (Å²) < 4.78 is 5.27. The Bertz CT molecular complexity index is 238. The van der Waals surface area contributed by atoms with Crippen LogP contribution in [0.25, 0.3) is 0 Å². The van der Waals surface area contributed by atoms with E-state index in [1.54, 1.807) is 0 Å². The normalized spacial score (nSPS) is 19.3. The molecule has 66 valence electrons. The van der Waals surface area contributed by atoms with Gasteiger partial charge in [0.25, 0.3) is 0 Å². The molecule has 1 atom stereocenters. The van der Waals surface area contributed by atoms with Crippen molar-refractivity contribution in [2.75, 3.05) is 6.61 Å². The molecule has 12 heavy (non-hydrogen) atoms. The number of Topliss-reactive ketones (excluding diaryl/α,β-unsaturated/α-hetero) is 1. The number of ketones is 1. The lowest BCUT2D eigenvalue weighted by Gasteiger charge is -2.10. The van der Waals surface area contributed by atoms with E-state index in [1.165, 1.54) is 0 Å². The Morgan fingerprint density at radius 3 is 2.83 bits per heavy atom. The van der Waals surface area contributed by atoms with Crippen LogP contribution in [-0.4, -0.2) is 12.4 Å². The van der Waals surface area contributed by atoms with Gasteiger partial charge in [0.2, 0.25) is 0 Å². The van der Waals surface area contributed by atoms with Crippen molar-refractivity contribution in [1.82, 2.24) is 0 Å². The second kappa shape index (κ2) is 3.57. The highest BCUT2D eigenvalue weighted by molar-refractivity contribution is 5.98. The van der Waals surface area contributed by atoms with Crippen LogP contribution in [-0.2, 0) is 9.53 Å². The van der Waals surface area contributed by atoms with Crippen molar-refractivity contribution in [3.63, 3.8) is 0 Å². The first-order valence-corrected chi connectivity index (χ1v) is 4.14. The largest absolute Gasteiger partial charge is 0.489 e. The van der Waals surface area contributed by atoms with Crippen LogP contribution in [0.2, 0.25) is 0 Å². The summed E-state index contributed by atoms with van der Waals surface area (Å²) in [5.74, 6) is 1.25. The fraction of sp³-hybridized carbons (Fsp3) is 0.500. The zero-order valence-corrected chi connectivity index (χ0v) is 7.59. The third-order valence-corrected chi connectivity index (χ3v) is 2.11. The number of carbonyl (C=O) groups is 1. The maximum Gasteiger partial charge on any atom is 0.199 e. The fourth-order valence-corrected chi connectivity index (χ4v) is 1.37. The zero-order chi connectivity index (χ0) is 9.14. The molecule has 0 bridgehead atoms. The number of carbonyl (C=O) groups excluding carboxylic acids is 1. The van der Waals surface area contributed by atoms with E-state index in [1.807, 2.05) is 19.9 Å². The maximum absolute atomic E-state index is 11.1. The molecule has 0 aliphatic carbocycles. The van der Waals surface area contributed by atoms with Crippen LogP contribution in [0.5, 0.6) is 0 Å². The SMILES string of the molecule is C=CCC(C)C1=C(C)C(=O)CO1. The fourth-order valence-electron chi connectivity index (χ4n) is 1.37. The highest BCUT2D eigenvalue weighted by atomic mass is 16.5.